The highest BCUT2D eigenvalue weighted by atomic mass is 32.1. The molecule has 1 aliphatic rings. The highest BCUT2D eigenvalue weighted by Crippen LogP contribution is 2.37. The third-order valence-electron chi connectivity index (χ3n) is 3.89. The van der Waals surface area contributed by atoms with Crippen molar-refractivity contribution >= 4 is 17.0 Å². The van der Waals surface area contributed by atoms with Gasteiger partial charge in [-0.3, -0.25) is 4.98 Å². The average molecular weight is 287 g/mol. The highest BCUT2D eigenvalue weighted by molar-refractivity contribution is 7.10. The van der Waals surface area contributed by atoms with Crippen molar-refractivity contribution < 1.29 is 0 Å². The lowest BCUT2D eigenvalue weighted by molar-refractivity contribution is 0.576. The molecule has 3 nitrogen and oxygen atoms in total. The fourth-order valence-electron chi connectivity index (χ4n) is 2.92. The highest BCUT2D eigenvalue weighted by Gasteiger charge is 2.28. The van der Waals surface area contributed by atoms with Crippen LogP contribution in [0.4, 0.5) is 5.69 Å². The Morgan fingerprint density at radius 2 is 2.40 bits per heavy atom. The zero-order valence-corrected chi connectivity index (χ0v) is 12.9. The Morgan fingerprint density at radius 3 is 3.15 bits per heavy atom. The lowest BCUT2D eigenvalue weighted by Crippen LogP contribution is -2.28. The van der Waals surface area contributed by atoms with E-state index in [9.17, 15) is 0 Å². The molecule has 1 N–H and O–H groups in total. The normalized spacial score (nSPS) is 15.4. The minimum absolute atomic E-state index is 0.464. The fourth-order valence-corrected chi connectivity index (χ4v) is 3.96. The molecule has 106 valence electrons. The molecule has 1 atom stereocenters. The van der Waals surface area contributed by atoms with Gasteiger partial charge in [0.25, 0.3) is 0 Å². The summed E-state index contributed by atoms with van der Waals surface area (Å²) in [5.74, 6) is 0. The molecule has 3 rings (SSSR count). The molecule has 0 aliphatic carbocycles. The second kappa shape index (κ2) is 5.94. The summed E-state index contributed by atoms with van der Waals surface area (Å²) in [6, 6.07) is 7.06. The Bertz CT molecular complexity index is 579. The number of anilines is 1. The summed E-state index contributed by atoms with van der Waals surface area (Å²) in [5, 5.41) is 5.54. The van der Waals surface area contributed by atoms with Crippen molar-refractivity contribution in [2.24, 2.45) is 0 Å². The minimum atomic E-state index is 0.464. The maximum absolute atomic E-state index is 4.52. The van der Waals surface area contributed by atoms with E-state index in [1.54, 1.807) is 0 Å². The van der Waals surface area contributed by atoms with Crippen LogP contribution in [0.2, 0.25) is 0 Å². The van der Waals surface area contributed by atoms with Crippen LogP contribution in [0.1, 0.15) is 28.6 Å². The van der Waals surface area contributed by atoms with Gasteiger partial charge in [-0.05, 0) is 56.1 Å². The van der Waals surface area contributed by atoms with Gasteiger partial charge in [-0.2, -0.15) is 0 Å². The van der Waals surface area contributed by atoms with Crippen LogP contribution in [0.25, 0.3) is 0 Å². The van der Waals surface area contributed by atoms with E-state index in [-0.39, 0.29) is 0 Å². The fraction of sp³-hybridized carbons (Fsp3) is 0.438. The Hall–Kier alpha value is -1.39. The van der Waals surface area contributed by atoms with Crippen LogP contribution in [0.15, 0.2) is 29.8 Å². The van der Waals surface area contributed by atoms with E-state index in [0.29, 0.717) is 6.04 Å². The lowest BCUT2D eigenvalue weighted by Gasteiger charge is -2.29. The van der Waals surface area contributed by atoms with Crippen molar-refractivity contribution in [3.63, 3.8) is 0 Å². The molecule has 1 aliphatic heterocycles. The summed E-state index contributed by atoms with van der Waals surface area (Å²) in [5.41, 5.74) is 3.93. The lowest BCUT2D eigenvalue weighted by atomic mass is 10.1. The molecule has 0 aromatic carbocycles. The van der Waals surface area contributed by atoms with Gasteiger partial charge in [0, 0.05) is 24.0 Å². The number of aromatic nitrogens is 1. The Kier molecular flexibility index (Phi) is 4.03. The quantitative estimate of drug-likeness (QED) is 0.915. The second-order valence-electron chi connectivity index (χ2n) is 5.35. The first-order valence-corrected chi connectivity index (χ1v) is 8.07. The predicted octanol–water partition coefficient (Wildman–Crippen LogP) is 3.16. The van der Waals surface area contributed by atoms with Crippen molar-refractivity contribution in [1.29, 1.82) is 0 Å². The summed E-state index contributed by atoms with van der Waals surface area (Å²) >= 11 is 1.88. The molecule has 3 heterocycles. The van der Waals surface area contributed by atoms with Crippen molar-refractivity contribution in [2.75, 3.05) is 25.0 Å². The van der Waals surface area contributed by atoms with E-state index in [2.05, 4.69) is 39.6 Å². The number of fused-ring (bicyclic) bond motifs is 1. The van der Waals surface area contributed by atoms with Crippen LogP contribution in [0.5, 0.6) is 0 Å². The molecular weight excluding hydrogens is 266 g/mol. The van der Waals surface area contributed by atoms with E-state index < -0.39 is 0 Å². The van der Waals surface area contributed by atoms with Gasteiger partial charge in [-0.1, -0.05) is 0 Å². The molecule has 2 aromatic heterocycles. The Labute approximate surface area is 124 Å². The third-order valence-corrected chi connectivity index (χ3v) is 5.04. The van der Waals surface area contributed by atoms with Crippen LogP contribution >= 0.6 is 11.3 Å². The number of rotatable bonds is 5. The minimum Gasteiger partial charge on any atom is -0.362 e. The van der Waals surface area contributed by atoms with E-state index in [4.69, 9.17) is 0 Å². The predicted molar refractivity (Wildman–Crippen MR) is 85.6 cm³/mol. The number of hydrogen-bond acceptors (Lipinski definition) is 4. The number of nitrogens with zero attached hydrogens (tertiary/aromatic N) is 2. The van der Waals surface area contributed by atoms with Crippen LogP contribution < -0.4 is 10.2 Å². The summed E-state index contributed by atoms with van der Waals surface area (Å²) in [6.45, 7) is 4.29. The van der Waals surface area contributed by atoms with Crippen LogP contribution in [0, 0.1) is 6.92 Å². The molecule has 0 amide bonds. The summed E-state index contributed by atoms with van der Waals surface area (Å²) in [6.07, 6.45) is 4.10. The van der Waals surface area contributed by atoms with Gasteiger partial charge in [0.05, 0.1) is 17.4 Å². The molecule has 0 radical (unpaired) electrons. The van der Waals surface area contributed by atoms with Crippen LogP contribution in [-0.2, 0) is 6.42 Å². The molecule has 4 heteroatoms. The number of hydrogen-bond donors (Lipinski definition) is 1. The van der Waals surface area contributed by atoms with Gasteiger partial charge in [-0.15, -0.1) is 11.3 Å². The third kappa shape index (κ3) is 2.58. The van der Waals surface area contributed by atoms with E-state index in [0.717, 1.165) is 25.9 Å². The molecule has 20 heavy (non-hydrogen) atoms. The largest absolute Gasteiger partial charge is 0.362 e. The van der Waals surface area contributed by atoms with Gasteiger partial charge in [-0.25, -0.2) is 0 Å². The summed E-state index contributed by atoms with van der Waals surface area (Å²) < 4.78 is 0. The molecule has 2 aromatic rings. The number of thiophene rings is 1. The molecule has 0 bridgehead atoms. The van der Waals surface area contributed by atoms with Crippen molar-refractivity contribution in [3.05, 3.63) is 45.9 Å². The topological polar surface area (TPSA) is 28.2 Å². The molecule has 0 saturated heterocycles. The van der Waals surface area contributed by atoms with Gasteiger partial charge in [0.15, 0.2) is 0 Å². The van der Waals surface area contributed by atoms with Crippen molar-refractivity contribution in [2.45, 2.75) is 25.8 Å². The van der Waals surface area contributed by atoms with Crippen molar-refractivity contribution in [1.82, 2.24) is 10.3 Å². The first-order valence-electron chi connectivity index (χ1n) is 7.20. The van der Waals surface area contributed by atoms with E-state index in [1.807, 2.05) is 30.6 Å². The standard InChI is InChI=1S/C16H21N3S/c1-12-10-16(20-11-12)15(5-8-17-2)19-9-6-13-14(19)4-3-7-18-13/h3-4,7,10-11,15,17H,5-6,8-9H2,1-2H3/t15-/m1/s1. The van der Waals surface area contributed by atoms with Gasteiger partial charge >= 0.3 is 0 Å². The molecule has 0 unspecified atom stereocenters. The van der Waals surface area contributed by atoms with Crippen molar-refractivity contribution in [3.8, 4) is 0 Å². The Morgan fingerprint density at radius 1 is 1.50 bits per heavy atom. The van der Waals surface area contributed by atoms with Crippen LogP contribution in [0.3, 0.4) is 0 Å². The first kappa shape index (κ1) is 13.6. The molecular formula is C16H21N3S. The van der Waals surface area contributed by atoms with E-state index in [1.165, 1.54) is 21.8 Å². The second-order valence-corrected chi connectivity index (χ2v) is 6.29. The number of nitrogens with one attached hydrogen (secondary N) is 1. The first-order chi connectivity index (χ1) is 9.79. The maximum atomic E-state index is 4.52. The van der Waals surface area contributed by atoms with Gasteiger partial charge < -0.3 is 10.2 Å². The number of aryl methyl sites for hydroxylation is 1. The summed E-state index contributed by atoms with van der Waals surface area (Å²) in [7, 11) is 2.02. The molecule has 0 saturated carbocycles. The maximum Gasteiger partial charge on any atom is 0.0654 e. The molecule has 0 spiro atoms. The molecule has 0 fully saturated rings. The zero-order valence-electron chi connectivity index (χ0n) is 12.1. The SMILES string of the molecule is CNCC[C@H](c1cc(C)cs1)N1CCc2ncccc21. The summed E-state index contributed by atoms with van der Waals surface area (Å²) in [4.78, 5) is 8.52. The zero-order chi connectivity index (χ0) is 13.9. The Balaban J connectivity index is 1.90. The average Bonchev–Trinajstić information content (AvgIpc) is 3.07. The smallest absolute Gasteiger partial charge is 0.0654 e. The number of pyridine rings is 1. The van der Waals surface area contributed by atoms with Gasteiger partial charge in [0.2, 0.25) is 0 Å². The van der Waals surface area contributed by atoms with Crippen LogP contribution in [-0.4, -0.2) is 25.1 Å². The van der Waals surface area contributed by atoms with Gasteiger partial charge in [0.1, 0.15) is 0 Å². The van der Waals surface area contributed by atoms with E-state index >= 15 is 0 Å². The monoisotopic (exact) mass is 287 g/mol.